The maximum absolute atomic E-state index is 12.2. The first-order chi connectivity index (χ1) is 12.2. The third-order valence-corrected chi connectivity index (χ3v) is 4.43. The van der Waals surface area contributed by atoms with Crippen molar-refractivity contribution in [1.29, 1.82) is 0 Å². The molecule has 1 aliphatic rings. The number of ketones is 1. The Morgan fingerprint density at radius 1 is 1.00 bits per heavy atom. The molecule has 1 fully saturated rings. The first-order valence-electron chi connectivity index (χ1n) is 8.42. The van der Waals surface area contributed by atoms with Crippen LogP contribution < -0.4 is 14.8 Å². The zero-order chi connectivity index (χ0) is 17.6. The van der Waals surface area contributed by atoms with Crippen molar-refractivity contribution >= 4 is 11.9 Å². The third kappa shape index (κ3) is 4.28. The van der Waals surface area contributed by atoms with Crippen LogP contribution in [-0.4, -0.2) is 26.0 Å². The van der Waals surface area contributed by atoms with Crippen LogP contribution in [0.15, 0.2) is 54.6 Å². The van der Waals surface area contributed by atoms with Crippen molar-refractivity contribution in [3.05, 3.63) is 65.7 Å². The molecule has 130 valence electrons. The zero-order valence-corrected chi connectivity index (χ0v) is 14.6. The number of carbonyl (C=O) groups excluding carboxylic acids is 1. The quantitative estimate of drug-likeness (QED) is 0.902. The van der Waals surface area contributed by atoms with Gasteiger partial charge in [-0.15, -0.1) is 0 Å². The van der Waals surface area contributed by atoms with Crippen LogP contribution in [0.5, 0.6) is 11.5 Å². The Labute approximate surface area is 148 Å². The van der Waals surface area contributed by atoms with Crippen LogP contribution in [0.1, 0.15) is 30.0 Å². The van der Waals surface area contributed by atoms with Crippen molar-refractivity contribution in [2.24, 2.45) is 0 Å². The van der Waals surface area contributed by atoms with Gasteiger partial charge in [0.05, 0.1) is 14.2 Å². The number of hydrogen-bond donors (Lipinski definition) is 1. The van der Waals surface area contributed by atoms with Gasteiger partial charge in [0.15, 0.2) is 11.5 Å². The van der Waals surface area contributed by atoms with Crippen molar-refractivity contribution in [2.45, 2.75) is 24.9 Å². The minimum absolute atomic E-state index is 0.0218. The Morgan fingerprint density at radius 3 is 2.48 bits per heavy atom. The highest BCUT2D eigenvalue weighted by Crippen LogP contribution is 2.32. The third-order valence-electron chi connectivity index (χ3n) is 4.43. The van der Waals surface area contributed by atoms with E-state index in [1.807, 2.05) is 48.5 Å². The van der Waals surface area contributed by atoms with Crippen molar-refractivity contribution in [2.75, 3.05) is 14.2 Å². The van der Waals surface area contributed by atoms with Crippen LogP contribution in [0.3, 0.4) is 0 Å². The summed E-state index contributed by atoms with van der Waals surface area (Å²) in [5.41, 5.74) is 2.16. The van der Waals surface area contributed by atoms with E-state index in [0.29, 0.717) is 24.3 Å². The Bertz CT molecular complexity index is 755. The summed E-state index contributed by atoms with van der Waals surface area (Å²) < 4.78 is 10.7. The van der Waals surface area contributed by atoms with E-state index in [4.69, 9.17) is 9.47 Å². The summed E-state index contributed by atoms with van der Waals surface area (Å²) in [5, 5.41) is 3.56. The molecule has 4 nitrogen and oxygen atoms in total. The highest BCUT2D eigenvalue weighted by Gasteiger charge is 2.26. The monoisotopic (exact) mass is 337 g/mol. The van der Waals surface area contributed by atoms with E-state index in [2.05, 4.69) is 17.5 Å². The summed E-state index contributed by atoms with van der Waals surface area (Å²) in [4.78, 5) is 12.2. The summed E-state index contributed by atoms with van der Waals surface area (Å²) in [6.07, 6.45) is 5.14. The van der Waals surface area contributed by atoms with Gasteiger partial charge in [-0.1, -0.05) is 48.6 Å². The zero-order valence-electron chi connectivity index (χ0n) is 14.6. The maximum atomic E-state index is 12.2. The second-order valence-electron chi connectivity index (χ2n) is 6.16. The summed E-state index contributed by atoms with van der Waals surface area (Å²) >= 11 is 0. The molecule has 1 saturated heterocycles. The number of ether oxygens (including phenoxy) is 2. The van der Waals surface area contributed by atoms with Gasteiger partial charge in [0, 0.05) is 24.9 Å². The second-order valence-corrected chi connectivity index (χ2v) is 6.16. The normalized spacial score (nSPS) is 20.6. The molecule has 0 saturated carbocycles. The van der Waals surface area contributed by atoms with Gasteiger partial charge in [0.2, 0.25) is 0 Å². The van der Waals surface area contributed by atoms with Gasteiger partial charge in [0.1, 0.15) is 5.78 Å². The standard InChI is InChI=1S/C21H23NO3/c1-24-20-11-9-16(12-21(20)25-2)19-14-18(23)13-17(22-19)10-8-15-6-4-3-5-7-15/h3-12,17,19,22H,13-14H2,1-2H3/b10-8+/t17-,19-/m0/s1. The Kier molecular flexibility index (Phi) is 5.51. The molecular formula is C21H23NO3. The number of piperidine rings is 1. The van der Waals surface area contributed by atoms with E-state index in [1.165, 1.54) is 0 Å². The lowest BCUT2D eigenvalue weighted by Crippen LogP contribution is -2.39. The summed E-state index contributed by atoms with van der Waals surface area (Å²) in [6, 6.07) is 15.9. The predicted molar refractivity (Wildman–Crippen MR) is 98.9 cm³/mol. The van der Waals surface area contributed by atoms with Gasteiger partial charge in [-0.3, -0.25) is 4.79 Å². The fourth-order valence-corrected chi connectivity index (χ4v) is 3.13. The molecule has 1 heterocycles. The molecule has 0 aromatic heterocycles. The van der Waals surface area contributed by atoms with Crippen molar-refractivity contribution < 1.29 is 14.3 Å². The number of carbonyl (C=O) groups is 1. The molecule has 1 N–H and O–H groups in total. The number of hydrogen-bond acceptors (Lipinski definition) is 4. The van der Waals surface area contributed by atoms with E-state index in [1.54, 1.807) is 14.2 Å². The van der Waals surface area contributed by atoms with Crippen molar-refractivity contribution in [1.82, 2.24) is 5.32 Å². The van der Waals surface area contributed by atoms with Crippen LogP contribution in [0.25, 0.3) is 6.08 Å². The Morgan fingerprint density at radius 2 is 1.76 bits per heavy atom. The molecular weight excluding hydrogens is 314 g/mol. The number of benzene rings is 2. The molecule has 0 bridgehead atoms. The highest BCUT2D eigenvalue weighted by molar-refractivity contribution is 5.81. The molecule has 0 aliphatic carbocycles. The van der Waals surface area contributed by atoms with Gasteiger partial charge in [-0.25, -0.2) is 0 Å². The highest BCUT2D eigenvalue weighted by atomic mass is 16.5. The molecule has 1 aliphatic heterocycles. The summed E-state index contributed by atoms with van der Waals surface area (Å²) in [6.45, 7) is 0. The summed E-state index contributed by atoms with van der Waals surface area (Å²) in [7, 11) is 3.23. The van der Waals surface area contributed by atoms with Gasteiger partial charge in [-0.2, -0.15) is 0 Å². The van der Waals surface area contributed by atoms with Crippen LogP contribution >= 0.6 is 0 Å². The lowest BCUT2D eigenvalue weighted by Gasteiger charge is -2.29. The fraction of sp³-hybridized carbons (Fsp3) is 0.286. The van der Waals surface area contributed by atoms with Crippen LogP contribution in [-0.2, 0) is 4.79 Å². The van der Waals surface area contributed by atoms with E-state index < -0.39 is 0 Å². The smallest absolute Gasteiger partial charge is 0.161 e. The predicted octanol–water partition coefficient (Wildman–Crippen LogP) is 3.78. The average molecular weight is 337 g/mol. The van der Waals surface area contributed by atoms with Gasteiger partial charge in [0.25, 0.3) is 0 Å². The second kappa shape index (κ2) is 7.99. The maximum Gasteiger partial charge on any atom is 0.161 e. The number of methoxy groups -OCH3 is 2. The molecule has 2 aromatic carbocycles. The molecule has 0 spiro atoms. The number of Topliss-reactive ketones (excluding diaryl/α,β-unsaturated/α-hetero) is 1. The van der Waals surface area contributed by atoms with E-state index in [-0.39, 0.29) is 17.9 Å². The number of rotatable bonds is 5. The molecule has 25 heavy (non-hydrogen) atoms. The average Bonchev–Trinajstić information content (AvgIpc) is 2.66. The van der Waals surface area contributed by atoms with E-state index in [0.717, 1.165) is 11.1 Å². The Hall–Kier alpha value is -2.59. The largest absolute Gasteiger partial charge is 0.493 e. The molecule has 0 unspecified atom stereocenters. The van der Waals surface area contributed by atoms with E-state index >= 15 is 0 Å². The van der Waals surface area contributed by atoms with Gasteiger partial charge < -0.3 is 14.8 Å². The van der Waals surface area contributed by atoms with Crippen molar-refractivity contribution in [3.63, 3.8) is 0 Å². The minimum atomic E-state index is -0.0218. The minimum Gasteiger partial charge on any atom is -0.493 e. The molecule has 4 heteroatoms. The fourth-order valence-electron chi connectivity index (χ4n) is 3.13. The lowest BCUT2D eigenvalue weighted by molar-refractivity contribution is -0.121. The topological polar surface area (TPSA) is 47.6 Å². The van der Waals surface area contributed by atoms with Crippen LogP contribution in [0, 0.1) is 0 Å². The molecule has 2 atom stereocenters. The first-order valence-corrected chi connectivity index (χ1v) is 8.42. The van der Waals surface area contributed by atoms with Crippen molar-refractivity contribution in [3.8, 4) is 11.5 Å². The molecule has 2 aromatic rings. The first kappa shape index (κ1) is 17.2. The Balaban J connectivity index is 1.76. The van der Waals surface area contributed by atoms with E-state index in [9.17, 15) is 4.79 Å². The van der Waals surface area contributed by atoms with Crippen LogP contribution in [0.2, 0.25) is 0 Å². The van der Waals surface area contributed by atoms with Crippen LogP contribution in [0.4, 0.5) is 0 Å². The van der Waals surface area contributed by atoms with Gasteiger partial charge >= 0.3 is 0 Å². The lowest BCUT2D eigenvalue weighted by atomic mass is 9.92. The number of nitrogens with one attached hydrogen (secondary N) is 1. The molecule has 0 radical (unpaired) electrons. The summed E-state index contributed by atoms with van der Waals surface area (Å²) in [5.74, 6) is 1.63. The van der Waals surface area contributed by atoms with Gasteiger partial charge in [-0.05, 0) is 23.3 Å². The molecule has 3 rings (SSSR count). The molecule has 0 amide bonds. The SMILES string of the molecule is COc1ccc([C@@H]2CC(=O)C[C@H](/C=C/c3ccccc3)N2)cc1OC.